The van der Waals surface area contributed by atoms with Gasteiger partial charge >= 0.3 is 8.56 Å². The molecule has 0 spiro atoms. The molecule has 0 atom stereocenters. The highest BCUT2D eigenvalue weighted by Crippen LogP contribution is 2.07. The fourth-order valence-corrected chi connectivity index (χ4v) is 2.66. The molecule has 0 unspecified atom stereocenters. The Morgan fingerprint density at radius 3 is 2.00 bits per heavy atom. The van der Waals surface area contributed by atoms with Gasteiger partial charge in [-0.3, -0.25) is 9.59 Å². The molecule has 0 amide bonds. The van der Waals surface area contributed by atoms with Gasteiger partial charge in [0.1, 0.15) is 0 Å². The zero-order valence-corrected chi connectivity index (χ0v) is 10.5. The summed E-state index contributed by atoms with van der Waals surface area (Å²) in [5.74, 6) is 1.89. The Kier molecular flexibility index (Phi) is 5.71. The average molecular weight is 228 g/mol. The van der Waals surface area contributed by atoms with E-state index in [2.05, 4.69) is 11.5 Å². The summed E-state index contributed by atoms with van der Waals surface area (Å²) in [6, 6.07) is 0. The van der Waals surface area contributed by atoms with Crippen molar-refractivity contribution in [2.24, 2.45) is 0 Å². The van der Waals surface area contributed by atoms with Gasteiger partial charge in [0.2, 0.25) is 0 Å². The molecule has 0 aromatic rings. The third-order valence-corrected chi connectivity index (χ3v) is 3.35. The van der Waals surface area contributed by atoms with Gasteiger partial charge in [-0.15, -0.1) is 5.92 Å². The van der Waals surface area contributed by atoms with Crippen LogP contribution in [0.1, 0.15) is 33.6 Å². The lowest BCUT2D eigenvalue weighted by atomic mass is 10.4. The number of rotatable bonds is 3. The lowest BCUT2D eigenvalue weighted by Gasteiger charge is -2.18. The van der Waals surface area contributed by atoms with Gasteiger partial charge in [-0.25, -0.2) is 0 Å². The second kappa shape index (κ2) is 6.25. The molecule has 5 heteroatoms. The van der Waals surface area contributed by atoms with E-state index in [0.29, 0.717) is 6.42 Å². The minimum atomic E-state index is -2.97. The van der Waals surface area contributed by atoms with Crippen molar-refractivity contribution in [3.05, 3.63) is 0 Å². The summed E-state index contributed by atoms with van der Waals surface area (Å²) < 4.78 is 9.96. The monoisotopic (exact) mass is 228 g/mol. The van der Waals surface area contributed by atoms with E-state index >= 15 is 0 Å². The second-order valence-electron chi connectivity index (χ2n) is 3.18. The Hall–Kier alpha value is -1.28. The zero-order valence-electron chi connectivity index (χ0n) is 9.55. The Balaban J connectivity index is 4.63. The van der Waals surface area contributed by atoms with Crippen molar-refractivity contribution in [1.82, 2.24) is 0 Å². The van der Waals surface area contributed by atoms with Crippen LogP contribution < -0.4 is 0 Å². The van der Waals surface area contributed by atoms with E-state index in [1.165, 1.54) is 13.8 Å². The van der Waals surface area contributed by atoms with Crippen LogP contribution in [0.3, 0.4) is 0 Å². The van der Waals surface area contributed by atoms with Gasteiger partial charge in [0, 0.05) is 26.8 Å². The molecule has 0 bridgehead atoms. The van der Waals surface area contributed by atoms with E-state index in [-0.39, 0.29) is 0 Å². The SMILES string of the molecule is CCCC#C[Si](C)(OC(C)=O)OC(C)=O. The van der Waals surface area contributed by atoms with Gasteiger partial charge in [-0.2, -0.15) is 0 Å². The van der Waals surface area contributed by atoms with Crippen LogP contribution in [0.5, 0.6) is 0 Å². The van der Waals surface area contributed by atoms with E-state index < -0.39 is 20.5 Å². The largest absolute Gasteiger partial charge is 0.548 e. The topological polar surface area (TPSA) is 52.6 Å². The van der Waals surface area contributed by atoms with Crippen molar-refractivity contribution >= 4 is 20.5 Å². The Morgan fingerprint density at radius 1 is 1.20 bits per heavy atom. The van der Waals surface area contributed by atoms with Crippen LogP contribution in [0.2, 0.25) is 6.55 Å². The first-order valence-electron chi connectivity index (χ1n) is 4.79. The Labute approximate surface area is 91.2 Å². The van der Waals surface area contributed by atoms with Gasteiger partial charge in [-0.05, 0) is 12.0 Å². The summed E-state index contributed by atoms with van der Waals surface area (Å²) in [6.45, 7) is 6.12. The molecule has 0 aliphatic rings. The summed E-state index contributed by atoms with van der Waals surface area (Å²) in [5, 5.41) is 0. The quantitative estimate of drug-likeness (QED) is 0.543. The third-order valence-electron chi connectivity index (χ3n) is 1.37. The molecule has 84 valence electrons. The fourth-order valence-electron chi connectivity index (χ4n) is 0.968. The van der Waals surface area contributed by atoms with Crippen LogP contribution in [0.15, 0.2) is 0 Å². The normalized spacial score (nSPS) is 9.87. The van der Waals surface area contributed by atoms with Gasteiger partial charge < -0.3 is 8.85 Å². The molecule has 0 saturated carbocycles. The van der Waals surface area contributed by atoms with Crippen molar-refractivity contribution in [3.63, 3.8) is 0 Å². The van der Waals surface area contributed by atoms with E-state index in [4.69, 9.17) is 8.85 Å². The molecular formula is C10H16O4Si. The molecule has 0 fully saturated rings. The van der Waals surface area contributed by atoms with Crippen LogP contribution in [0, 0.1) is 11.5 Å². The first-order chi connectivity index (χ1) is 6.89. The molecule has 0 aliphatic carbocycles. The molecule has 0 radical (unpaired) electrons. The summed E-state index contributed by atoms with van der Waals surface area (Å²) in [7, 11) is -2.97. The molecule has 0 aromatic heterocycles. The van der Waals surface area contributed by atoms with Gasteiger partial charge in [0.25, 0.3) is 11.9 Å². The molecule has 0 aromatic carbocycles. The lowest BCUT2D eigenvalue weighted by Crippen LogP contribution is -2.40. The molecule has 0 heterocycles. The Bertz CT molecular complexity index is 284. The minimum absolute atomic E-state index is 0.476. The standard InChI is InChI=1S/C10H16O4Si/c1-5-6-7-8-15(4,13-9(2)11)14-10(3)12/h5-6H2,1-4H3. The first-order valence-corrected chi connectivity index (χ1v) is 7.10. The van der Waals surface area contributed by atoms with Crippen LogP contribution >= 0.6 is 0 Å². The maximum absolute atomic E-state index is 10.8. The highest BCUT2D eigenvalue weighted by Gasteiger charge is 2.36. The maximum Gasteiger partial charge on any atom is 0.548 e. The molecule has 4 nitrogen and oxygen atoms in total. The number of hydrogen-bond acceptors (Lipinski definition) is 4. The highest BCUT2D eigenvalue weighted by molar-refractivity contribution is 6.77. The van der Waals surface area contributed by atoms with Crippen molar-refractivity contribution in [2.45, 2.75) is 40.2 Å². The highest BCUT2D eigenvalue weighted by atomic mass is 28.4. The first kappa shape index (κ1) is 13.7. The number of carbonyl (C=O) groups excluding carboxylic acids is 2. The van der Waals surface area contributed by atoms with Crippen LogP contribution in [0.4, 0.5) is 0 Å². The molecule has 0 aliphatic heterocycles. The van der Waals surface area contributed by atoms with Crippen molar-refractivity contribution in [2.75, 3.05) is 0 Å². The van der Waals surface area contributed by atoms with Crippen molar-refractivity contribution in [1.29, 1.82) is 0 Å². The Morgan fingerprint density at radius 2 is 1.67 bits per heavy atom. The zero-order chi connectivity index (χ0) is 11.9. The number of carbonyl (C=O) groups is 2. The third kappa shape index (κ3) is 6.74. The van der Waals surface area contributed by atoms with E-state index in [0.717, 1.165) is 6.42 Å². The minimum Gasteiger partial charge on any atom is -0.476 e. The lowest BCUT2D eigenvalue weighted by molar-refractivity contribution is -0.138. The van der Waals surface area contributed by atoms with Crippen LogP contribution in [-0.4, -0.2) is 20.5 Å². The van der Waals surface area contributed by atoms with Crippen LogP contribution in [-0.2, 0) is 18.4 Å². The molecular weight excluding hydrogens is 212 g/mol. The van der Waals surface area contributed by atoms with E-state index in [9.17, 15) is 9.59 Å². The van der Waals surface area contributed by atoms with Gasteiger partial charge in [0.05, 0.1) is 0 Å². The summed E-state index contributed by atoms with van der Waals surface area (Å²) in [4.78, 5) is 21.7. The molecule has 0 N–H and O–H groups in total. The molecule has 15 heavy (non-hydrogen) atoms. The van der Waals surface area contributed by atoms with E-state index in [1.54, 1.807) is 6.55 Å². The van der Waals surface area contributed by atoms with Crippen LogP contribution in [0.25, 0.3) is 0 Å². The van der Waals surface area contributed by atoms with Crippen molar-refractivity contribution < 1.29 is 18.4 Å². The predicted octanol–water partition coefficient (Wildman–Crippen LogP) is 1.53. The van der Waals surface area contributed by atoms with Gasteiger partial charge in [-0.1, -0.05) is 6.92 Å². The summed E-state index contributed by atoms with van der Waals surface area (Å²) in [6.07, 6.45) is 1.61. The van der Waals surface area contributed by atoms with Crippen molar-refractivity contribution in [3.8, 4) is 11.5 Å². The summed E-state index contributed by atoms with van der Waals surface area (Å²) >= 11 is 0. The van der Waals surface area contributed by atoms with E-state index in [1.807, 2.05) is 6.92 Å². The smallest absolute Gasteiger partial charge is 0.476 e. The fraction of sp³-hybridized carbons (Fsp3) is 0.600. The summed E-state index contributed by atoms with van der Waals surface area (Å²) in [5.41, 5.74) is 2.76. The van der Waals surface area contributed by atoms with Gasteiger partial charge in [0.15, 0.2) is 0 Å². The second-order valence-corrected chi connectivity index (χ2v) is 5.73. The molecule has 0 rings (SSSR count). The maximum atomic E-state index is 10.8. The number of unbranched alkanes of at least 4 members (excludes halogenated alkanes) is 1. The average Bonchev–Trinajstić information content (AvgIpc) is 2.00. The predicted molar refractivity (Wildman–Crippen MR) is 57.8 cm³/mol. The molecule has 0 saturated heterocycles. The number of hydrogen-bond donors (Lipinski definition) is 0.